The maximum absolute atomic E-state index is 10.5. The zero-order valence-electron chi connectivity index (χ0n) is 15.1. The van der Waals surface area contributed by atoms with E-state index in [4.69, 9.17) is 5.73 Å². The molecule has 0 fully saturated rings. The lowest BCUT2D eigenvalue weighted by Crippen LogP contribution is -2.03. The molecule has 2 heterocycles. The van der Waals surface area contributed by atoms with E-state index in [0.29, 0.717) is 12.2 Å². The summed E-state index contributed by atoms with van der Waals surface area (Å²) in [6, 6.07) is 7.68. The smallest absolute Gasteiger partial charge is 0.211 e. The van der Waals surface area contributed by atoms with Gasteiger partial charge in [-0.15, -0.1) is 0 Å². The van der Waals surface area contributed by atoms with Crippen molar-refractivity contribution < 1.29 is 4.79 Å². The number of rotatable bonds is 4. The van der Waals surface area contributed by atoms with Crippen molar-refractivity contribution in [2.75, 3.05) is 24.6 Å². The van der Waals surface area contributed by atoms with Gasteiger partial charge in [-0.05, 0) is 62.7 Å². The number of nitrogens with zero attached hydrogens (tertiary/aromatic N) is 3. The second-order valence-corrected chi connectivity index (χ2v) is 6.09. The average molecular weight is 352 g/mol. The van der Waals surface area contributed by atoms with Crippen molar-refractivity contribution in [1.82, 2.24) is 19.9 Å². The predicted octanol–water partition coefficient (Wildman–Crippen LogP) is 2.29. The number of fused-ring (bicyclic) bond motifs is 3. The second kappa shape index (κ2) is 7.97. The normalized spacial score (nSPS) is 12.4. The van der Waals surface area contributed by atoms with Gasteiger partial charge in [-0.3, -0.25) is 4.79 Å². The summed E-state index contributed by atoms with van der Waals surface area (Å²) < 4.78 is 2.15. The topological polar surface area (TPSA) is 97.9 Å². The maximum Gasteiger partial charge on any atom is 0.211 e. The number of nitrogens with two attached hydrogens (primary N) is 1. The summed E-state index contributed by atoms with van der Waals surface area (Å²) in [6.07, 6.45) is 5.37. The van der Waals surface area contributed by atoms with E-state index in [-0.39, 0.29) is 0 Å². The number of nitrogen functional groups attached to an aromatic ring is 1. The van der Waals surface area contributed by atoms with Crippen molar-refractivity contribution in [3.63, 3.8) is 0 Å². The first kappa shape index (κ1) is 17.9. The van der Waals surface area contributed by atoms with Crippen molar-refractivity contribution in [2.45, 2.75) is 26.2 Å². The first-order chi connectivity index (χ1) is 12.7. The number of aromatic nitrogens is 3. The number of carbonyl (C=O) groups excluding carboxylic acids is 1. The highest BCUT2D eigenvalue weighted by atomic mass is 16.1. The molecule has 0 spiro atoms. The molecule has 7 nitrogen and oxygen atoms in total. The van der Waals surface area contributed by atoms with Crippen LogP contribution in [0.25, 0.3) is 16.7 Å². The van der Waals surface area contributed by atoms with Crippen molar-refractivity contribution >= 4 is 28.9 Å². The number of benzene rings is 1. The van der Waals surface area contributed by atoms with Crippen LogP contribution in [0.1, 0.15) is 24.6 Å². The largest absolute Gasteiger partial charge is 0.382 e. The zero-order valence-corrected chi connectivity index (χ0v) is 15.1. The van der Waals surface area contributed by atoms with E-state index in [1.54, 1.807) is 0 Å². The zero-order chi connectivity index (χ0) is 18.5. The van der Waals surface area contributed by atoms with Crippen molar-refractivity contribution in [1.29, 1.82) is 0 Å². The van der Waals surface area contributed by atoms with Crippen LogP contribution in [-0.2, 0) is 17.6 Å². The SMILES string of the molecule is CCNC.Nc1ncnc2c3c(n(-c4ccc(NC=O)cc4)c12)CCC3. The van der Waals surface area contributed by atoms with Crippen molar-refractivity contribution in [2.24, 2.45) is 0 Å². The van der Waals surface area contributed by atoms with E-state index >= 15 is 0 Å². The van der Waals surface area contributed by atoms with Gasteiger partial charge >= 0.3 is 0 Å². The van der Waals surface area contributed by atoms with E-state index in [2.05, 4.69) is 32.1 Å². The van der Waals surface area contributed by atoms with Crippen LogP contribution in [0, 0.1) is 0 Å². The number of nitrogens with one attached hydrogen (secondary N) is 2. The Labute approximate surface area is 152 Å². The standard InChI is InChI=1S/C16H15N5O.C3H9N/c17-16-15-14(18-8-19-16)12-2-1-3-13(12)21(15)11-6-4-10(5-7-11)20-9-22;1-3-4-2/h4-9H,1-3H2,(H,20,22)(H2,17,18,19);4H,3H2,1-2H3. The van der Waals surface area contributed by atoms with E-state index in [9.17, 15) is 4.79 Å². The van der Waals surface area contributed by atoms with Gasteiger partial charge in [-0.25, -0.2) is 9.97 Å². The summed E-state index contributed by atoms with van der Waals surface area (Å²) >= 11 is 0. The van der Waals surface area contributed by atoms with Gasteiger partial charge in [0.2, 0.25) is 6.41 Å². The molecule has 1 aliphatic carbocycles. The number of hydrogen-bond acceptors (Lipinski definition) is 5. The Morgan fingerprint density at radius 2 is 1.96 bits per heavy atom. The molecular formula is C19H24N6O. The van der Waals surface area contributed by atoms with Crippen LogP contribution in [0.15, 0.2) is 30.6 Å². The molecule has 0 atom stereocenters. The Bertz CT molecular complexity index is 899. The molecule has 4 N–H and O–H groups in total. The van der Waals surface area contributed by atoms with Crippen LogP contribution in [0.5, 0.6) is 0 Å². The van der Waals surface area contributed by atoms with E-state index in [1.807, 2.05) is 31.3 Å². The first-order valence-corrected chi connectivity index (χ1v) is 8.79. The maximum atomic E-state index is 10.5. The minimum Gasteiger partial charge on any atom is -0.382 e. The lowest BCUT2D eigenvalue weighted by molar-refractivity contribution is -0.105. The van der Waals surface area contributed by atoms with Gasteiger partial charge in [0.1, 0.15) is 11.8 Å². The molecule has 3 aromatic rings. The third kappa shape index (κ3) is 3.25. The van der Waals surface area contributed by atoms with Crippen LogP contribution >= 0.6 is 0 Å². The number of carbonyl (C=O) groups is 1. The average Bonchev–Trinajstić information content (AvgIpc) is 3.25. The summed E-state index contributed by atoms with van der Waals surface area (Å²) in [7, 11) is 1.93. The highest BCUT2D eigenvalue weighted by molar-refractivity contribution is 5.91. The highest BCUT2D eigenvalue weighted by Gasteiger charge is 2.24. The molecule has 26 heavy (non-hydrogen) atoms. The molecule has 0 unspecified atom stereocenters. The minimum absolute atomic E-state index is 0.495. The van der Waals surface area contributed by atoms with Gasteiger partial charge in [-0.1, -0.05) is 6.92 Å². The second-order valence-electron chi connectivity index (χ2n) is 6.09. The third-order valence-electron chi connectivity index (χ3n) is 4.52. The molecule has 0 radical (unpaired) electrons. The van der Waals surface area contributed by atoms with Gasteiger partial charge in [-0.2, -0.15) is 0 Å². The molecule has 0 bridgehead atoms. The van der Waals surface area contributed by atoms with Gasteiger partial charge in [0.05, 0.1) is 5.52 Å². The third-order valence-corrected chi connectivity index (χ3v) is 4.52. The van der Waals surface area contributed by atoms with E-state index in [0.717, 1.165) is 48.2 Å². The molecular weight excluding hydrogens is 328 g/mol. The molecule has 0 saturated carbocycles. The fourth-order valence-electron chi connectivity index (χ4n) is 3.26. The van der Waals surface area contributed by atoms with Crippen LogP contribution in [0.4, 0.5) is 11.5 Å². The van der Waals surface area contributed by atoms with E-state index in [1.165, 1.54) is 17.6 Å². The Kier molecular flexibility index (Phi) is 5.48. The molecule has 0 aliphatic heterocycles. The Hall–Kier alpha value is -2.93. The van der Waals surface area contributed by atoms with Crippen LogP contribution < -0.4 is 16.4 Å². The number of anilines is 2. The summed E-state index contributed by atoms with van der Waals surface area (Å²) in [5.74, 6) is 0.495. The highest BCUT2D eigenvalue weighted by Crippen LogP contribution is 2.36. The number of aryl methyl sites for hydroxylation is 1. The van der Waals surface area contributed by atoms with Gasteiger partial charge < -0.3 is 20.9 Å². The summed E-state index contributed by atoms with van der Waals surface area (Å²) in [4.78, 5) is 19.1. The summed E-state index contributed by atoms with van der Waals surface area (Å²) in [5, 5.41) is 5.57. The van der Waals surface area contributed by atoms with Crippen molar-refractivity contribution in [3.8, 4) is 5.69 Å². The minimum atomic E-state index is 0.495. The molecule has 4 rings (SSSR count). The Morgan fingerprint density at radius 3 is 2.62 bits per heavy atom. The molecule has 1 amide bonds. The Morgan fingerprint density at radius 1 is 1.23 bits per heavy atom. The fraction of sp³-hybridized carbons (Fsp3) is 0.316. The summed E-state index contributed by atoms with van der Waals surface area (Å²) in [6.45, 7) is 3.14. The van der Waals surface area contributed by atoms with Crippen LogP contribution in [-0.4, -0.2) is 34.5 Å². The lowest BCUT2D eigenvalue weighted by atomic mass is 10.2. The molecule has 1 aliphatic rings. The van der Waals surface area contributed by atoms with Crippen LogP contribution in [0.2, 0.25) is 0 Å². The van der Waals surface area contributed by atoms with Gasteiger partial charge in [0.25, 0.3) is 0 Å². The van der Waals surface area contributed by atoms with Gasteiger partial charge in [0.15, 0.2) is 5.82 Å². The first-order valence-electron chi connectivity index (χ1n) is 8.79. The number of hydrogen-bond donors (Lipinski definition) is 3. The van der Waals surface area contributed by atoms with E-state index < -0.39 is 0 Å². The van der Waals surface area contributed by atoms with Gasteiger partial charge in [0, 0.05) is 17.1 Å². The molecule has 1 aromatic carbocycles. The molecule has 0 saturated heterocycles. The quantitative estimate of drug-likeness (QED) is 0.626. The Balaban J connectivity index is 0.000000447. The molecule has 136 valence electrons. The fourth-order valence-corrected chi connectivity index (χ4v) is 3.26. The van der Waals surface area contributed by atoms with Crippen LogP contribution in [0.3, 0.4) is 0 Å². The number of amides is 1. The summed E-state index contributed by atoms with van der Waals surface area (Å²) in [5.41, 5.74) is 12.2. The van der Waals surface area contributed by atoms with Crippen molar-refractivity contribution in [3.05, 3.63) is 41.9 Å². The predicted molar refractivity (Wildman–Crippen MR) is 105 cm³/mol. The molecule has 7 heteroatoms. The molecule has 2 aromatic heterocycles. The lowest BCUT2D eigenvalue weighted by Gasteiger charge is -2.11. The monoisotopic (exact) mass is 352 g/mol.